The van der Waals surface area contributed by atoms with E-state index in [0.29, 0.717) is 41.5 Å². The van der Waals surface area contributed by atoms with Crippen molar-refractivity contribution in [3.8, 4) is 27.8 Å². The molecule has 3 amide bonds. The van der Waals surface area contributed by atoms with Gasteiger partial charge in [-0.05, 0) is 55.0 Å². The highest BCUT2D eigenvalue weighted by molar-refractivity contribution is 7.13. The molecule has 23 heteroatoms. The van der Waals surface area contributed by atoms with E-state index in [9.17, 15) is 37.5 Å². The lowest BCUT2D eigenvalue weighted by Crippen LogP contribution is -2.63. The summed E-state index contributed by atoms with van der Waals surface area (Å²) in [6.07, 6.45) is -1.90. The molecule has 4 aliphatic rings. The summed E-state index contributed by atoms with van der Waals surface area (Å²) in [5.41, 5.74) is 3.20. The lowest BCUT2D eigenvalue weighted by molar-refractivity contribution is -0.234. The number of β-amino-alcohol motifs (C(OH)–C–C–N with tert-alkyl or cyclic N) is 1. The molecular formula is C56H65F4N11O7S. The number of ether oxygens (including phenoxy) is 2. The number of nitrogens with zero attached hydrogens (tertiary/aromatic N) is 7. The van der Waals surface area contributed by atoms with Gasteiger partial charge in [0.05, 0.1) is 57.9 Å². The number of H-pyrrole nitrogens is 1. The van der Waals surface area contributed by atoms with Gasteiger partial charge in [0.15, 0.2) is 5.82 Å². The fourth-order valence-corrected chi connectivity index (χ4v) is 12.2. The second-order valence-electron chi connectivity index (χ2n) is 22.3. The molecule has 4 fully saturated rings. The van der Waals surface area contributed by atoms with E-state index in [-0.39, 0.29) is 80.7 Å². The van der Waals surface area contributed by atoms with Crippen molar-refractivity contribution >= 4 is 56.6 Å². The predicted octanol–water partition coefficient (Wildman–Crippen LogP) is 6.45. The number of aliphatic hydroxyl groups is 1. The van der Waals surface area contributed by atoms with Crippen molar-refractivity contribution in [1.82, 2.24) is 50.7 Å². The van der Waals surface area contributed by atoms with Crippen molar-refractivity contribution < 1.29 is 46.5 Å². The Morgan fingerprint density at radius 3 is 2.41 bits per heavy atom. The molecule has 4 saturated heterocycles. The number of carbonyl (C=O) groups excluding carboxylic acids is 3. The van der Waals surface area contributed by atoms with E-state index < -0.39 is 83.5 Å². The van der Waals surface area contributed by atoms with Crippen molar-refractivity contribution in [1.29, 1.82) is 0 Å². The topological polar surface area (TPSA) is 220 Å². The number of alkyl halides is 3. The zero-order chi connectivity index (χ0) is 55.9. The Bertz CT molecular complexity index is 3270. The summed E-state index contributed by atoms with van der Waals surface area (Å²) >= 11 is 1.55. The van der Waals surface area contributed by atoms with Gasteiger partial charge in [-0.15, -0.1) is 11.3 Å². The number of piperazine rings is 1. The summed E-state index contributed by atoms with van der Waals surface area (Å²) in [6, 6.07) is 12.7. The summed E-state index contributed by atoms with van der Waals surface area (Å²) in [7, 11) is 0. The molecule has 8 heterocycles. The number of hydrogen-bond donors (Lipinski definition) is 5. The van der Waals surface area contributed by atoms with Gasteiger partial charge in [-0.25, -0.2) is 9.37 Å². The number of amides is 3. The van der Waals surface area contributed by atoms with Crippen molar-refractivity contribution in [3.63, 3.8) is 0 Å². The summed E-state index contributed by atoms with van der Waals surface area (Å²) in [5.74, 6) is -3.63. The molecule has 2 bridgehead atoms. The van der Waals surface area contributed by atoms with Gasteiger partial charge in [0.2, 0.25) is 23.3 Å². The third-order valence-electron chi connectivity index (χ3n) is 15.6. The normalized spacial score (nSPS) is 22.3. The SMILES string of the molecule is Cc1ncsc1-c1ccc([C@H](C)NC(=O)[C@@H]2C[C@@H](O)CN2C(=O)[C@@H](NC(=O)CCOCCCN2C[C@@H](C(F)(F)F)[C@H]2COc2nc(N3CC4CCC(C3)N4)c3cnc(-c4[nH]c(=O)cc5ccccc45)c(F)c3n2)C(C)(C)C)cc1. The average Bonchev–Trinajstić information content (AvgIpc) is 4.13. The standard InChI is InChI=1S/C56H65F4N11O7S/c1-30(32-11-13-33(14-12-32)49-31(2)62-29-79-49)63-52(75)41-22-37(72)26-71(41)53(76)50(55(3,4)5)66-43(73)17-20-77-19-8-18-69-27-40(56(58,59)60)42(69)28-78-54-67-46-39(51(68-54)70-24-35-15-16-36(25-70)64-35)23-61-48(45(46)57)47-38-10-7-6-9-34(38)21-44(74)65-47/h6-7,9-14,21,23,29-30,35-37,40-42,50,64,72H,8,15-20,22,24-28H2,1-5H3,(H,63,75)(H,65,74)(H,66,73)/t30-,35?,36?,37+,40+,41-,42+,50+/m0/s1. The zero-order valence-electron chi connectivity index (χ0n) is 44.6. The van der Waals surface area contributed by atoms with Gasteiger partial charge in [0.25, 0.3) is 0 Å². The minimum atomic E-state index is -4.53. The number of aryl methyl sites for hydroxylation is 1. The molecule has 2 aromatic carbocycles. The monoisotopic (exact) mass is 1110 g/mol. The van der Waals surface area contributed by atoms with Crippen LogP contribution in [0.25, 0.3) is 43.5 Å². The van der Waals surface area contributed by atoms with E-state index in [1.54, 1.807) is 66.8 Å². The molecule has 6 aromatic rings. The van der Waals surface area contributed by atoms with Gasteiger partial charge in [-0.2, -0.15) is 23.1 Å². The quantitative estimate of drug-likeness (QED) is 0.0462. The van der Waals surface area contributed by atoms with E-state index in [2.05, 4.69) is 40.9 Å². The number of hydrogen-bond acceptors (Lipinski definition) is 15. The summed E-state index contributed by atoms with van der Waals surface area (Å²) in [6.45, 7) is 9.75. The largest absolute Gasteiger partial charge is 0.462 e. The maximum absolute atomic E-state index is 16.9. The van der Waals surface area contributed by atoms with Crippen LogP contribution >= 0.6 is 11.3 Å². The van der Waals surface area contributed by atoms with Crippen LogP contribution in [0.1, 0.15) is 77.1 Å². The predicted molar refractivity (Wildman–Crippen MR) is 290 cm³/mol. The van der Waals surface area contributed by atoms with Crippen LogP contribution in [0, 0.1) is 24.1 Å². The van der Waals surface area contributed by atoms with Crippen LogP contribution in [0.3, 0.4) is 0 Å². The van der Waals surface area contributed by atoms with E-state index in [4.69, 9.17) is 9.47 Å². The smallest absolute Gasteiger partial charge is 0.394 e. The highest BCUT2D eigenvalue weighted by atomic mass is 32.1. The first-order valence-electron chi connectivity index (χ1n) is 26.8. The lowest BCUT2D eigenvalue weighted by Gasteiger charge is -2.48. The lowest BCUT2D eigenvalue weighted by atomic mass is 9.85. The fourth-order valence-electron chi connectivity index (χ4n) is 11.3. The fraction of sp³-hybridized carbons (Fsp3) is 0.500. The number of aromatic nitrogens is 5. The third-order valence-corrected chi connectivity index (χ3v) is 16.6. The maximum Gasteiger partial charge on any atom is 0.394 e. The number of nitrogens with one attached hydrogen (secondary N) is 4. The minimum absolute atomic E-state index is 0.0330. The van der Waals surface area contributed by atoms with Crippen LogP contribution in [0.2, 0.25) is 0 Å². The molecule has 10 rings (SSSR count). The Hall–Kier alpha value is -6.66. The Balaban J connectivity index is 0.744. The number of carbonyl (C=O) groups is 3. The Morgan fingerprint density at radius 2 is 1.70 bits per heavy atom. The van der Waals surface area contributed by atoms with Crippen LogP contribution in [0.4, 0.5) is 23.4 Å². The van der Waals surface area contributed by atoms with Crippen LogP contribution in [-0.4, -0.2) is 153 Å². The summed E-state index contributed by atoms with van der Waals surface area (Å²) in [4.78, 5) is 80.7. The van der Waals surface area contributed by atoms with Crippen LogP contribution in [0.5, 0.6) is 6.01 Å². The number of pyridine rings is 2. The van der Waals surface area contributed by atoms with Crippen LogP contribution in [0.15, 0.2) is 71.1 Å². The molecule has 4 aromatic heterocycles. The highest BCUT2D eigenvalue weighted by Gasteiger charge is 2.54. The van der Waals surface area contributed by atoms with Gasteiger partial charge in [-0.1, -0.05) is 69.3 Å². The number of thiazole rings is 1. The molecule has 0 saturated carbocycles. The van der Waals surface area contributed by atoms with Crippen molar-refractivity contribution in [2.75, 3.05) is 57.4 Å². The molecule has 0 spiro atoms. The molecule has 4 aliphatic heterocycles. The molecule has 420 valence electrons. The molecule has 0 aliphatic carbocycles. The number of aromatic amines is 1. The van der Waals surface area contributed by atoms with Gasteiger partial charge in [-0.3, -0.25) is 29.1 Å². The van der Waals surface area contributed by atoms with Gasteiger partial charge in [0.1, 0.15) is 35.7 Å². The van der Waals surface area contributed by atoms with E-state index in [1.165, 1.54) is 17.2 Å². The van der Waals surface area contributed by atoms with Gasteiger partial charge >= 0.3 is 12.2 Å². The Labute approximate surface area is 457 Å². The first kappa shape index (κ1) is 55.6. The molecule has 8 atom stereocenters. The number of rotatable bonds is 18. The average molecular weight is 1110 g/mol. The molecule has 5 N–H and O–H groups in total. The first-order valence-corrected chi connectivity index (χ1v) is 27.7. The number of halogens is 4. The number of fused-ring (bicyclic) bond motifs is 4. The number of anilines is 1. The number of benzene rings is 2. The molecule has 18 nitrogen and oxygen atoms in total. The number of aliphatic hydroxyl groups excluding tert-OH is 1. The highest BCUT2D eigenvalue weighted by Crippen LogP contribution is 2.40. The van der Waals surface area contributed by atoms with Gasteiger partial charge in [0, 0.05) is 81.9 Å². The summed E-state index contributed by atoms with van der Waals surface area (Å²) < 4.78 is 71.9. The van der Waals surface area contributed by atoms with Crippen molar-refractivity contribution in [2.45, 2.75) is 115 Å². The van der Waals surface area contributed by atoms with Gasteiger partial charge < -0.3 is 45.3 Å². The molecule has 2 unspecified atom stereocenters. The Morgan fingerprint density at radius 1 is 0.949 bits per heavy atom. The molecular weight excluding hydrogens is 1050 g/mol. The third kappa shape index (κ3) is 12.1. The second kappa shape index (κ2) is 22.8. The van der Waals surface area contributed by atoms with Crippen LogP contribution < -0.4 is 31.1 Å². The zero-order valence-corrected chi connectivity index (χ0v) is 45.4. The van der Waals surface area contributed by atoms with E-state index >= 15 is 4.39 Å². The van der Waals surface area contributed by atoms with Crippen molar-refractivity contribution in [2.24, 2.45) is 11.3 Å². The minimum Gasteiger partial charge on any atom is -0.462 e. The van der Waals surface area contributed by atoms with E-state index in [1.807, 2.05) is 43.0 Å². The number of likely N-dealkylation sites (tertiary alicyclic amines) is 2. The maximum atomic E-state index is 16.9. The van der Waals surface area contributed by atoms with E-state index in [0.717, 1.165) is 34.5 Å². The molecule has 0 radical (unpaired) electrons. The first-order chi connectivity index (χ1) is 37.7. The second-order valence-corrected chi connectivity index (χ2v) is 23.1. The molecule has 79 heavy (non-hydrogen) atoms. The Kier molecular flexibility index (Phi) is 16.1. The summed E-state index contributed by atoms with van der Waals surface area (Å²) in [5, 5.41) is 21.5. The van der Waals surface area contributed by atoms with Crippen LogP contribution in [-0.2, 0) is 19.1 Å². The van der Waals surface area contributed by atoms with Crippen molar-refractivity contribution in [3.05, 3.63) is 93.7 Å².